The van der Waals surface area contributed by atoms with Gasteiger partial charge < -0.3 is 4.74 Å². The number of halogens is 1. The molecular weight excluding hydrogens is 246 g/mol. The Morgan fingerprint density at radius 1 is 1.11 bits per heavy atom. The molecule has 0 spiro atoms. The van der Waals surface area contributed by atoms with E-state index in [1.807, 2.05) is 24.3 Å². The van der Waals surface area contributed by atoms with E-state index in [4.69, 9.17) is 16.3 Å². The molecule has 0 saturated carbocycles. The molecule has 0 aliphatic heterocycles. The summed E-state index contributed by atoms with van der Waals surface area (Å²) in [5.41, 5.74) is 1.79. The van der Waals surface area contributed by atoms with Crippen molar-refractivity contribution in [2.75, 3.05) is 7.11 Å². The maximum absolute atomic E-state index is 6.30. The Bertz CT molecular complexity index is 724. The molecule has 1 heterocycles. The fourth-order valence-corrected chi connectivity index (χ4v) is 2.47. The highest BCUT2D eigenvalue weighted by Gasteiger charge is 2.07. The van der Waals surface area contributed by atoms with Gasteiger partial charge in [0.25, 0.3) is 0 Å². The molecule has 2 aromatic carbocycles. The Morgan fingerprint density at radius 3 is 2.78 bits per heavy atom. The van der Waals surface area contributed by atoms with Crippen molar-refractivity contribution in [3.63, 3.8) is 0 Å². The zero-order valence-electron chi connectivity index (χ0n) is 9.98. The lowest BCUT2D eigenvalue weighted by Gasteiger charge is -2.07. The molecule has 2 nitrogen and oxygen atoms in total. The third-order valence-electron chi connectivity index (χ3n) is 3.00. The summed E-state index contributed by atoms with van der Waals surface area (Å²) in [7, 11) is 1.66. The predicted molar refractivity (Wildman–Crippen MR) is 75.0 cm³/mol. The van der Waals surface area contributed by atoms with Crippen molar-refractivity contribution in [2.24, 2.45) is 0 Å². The monoisotopic (exact) mass is 257 g/mol. The third-order valence-corrected chi connectivity index (χ3v) is 3.31. The standard InChI is InChI=1S/C15H12ClNO/c1-18-9-11-8-14(16)13-7-6-10-4-2-3-5-12(10)15(13)17-11/h2-8H,9H2,1H3. The highest BCUT2D eigenvalue weighted by molar-refractivity contribution is 6.36. The van der Waals surface area contributed by atoms with E-state index in [9.17, 15) is 0 Å². The van der Waals surface area contributed by atoms with Crippen molar-refractivity contribution >= 4 is 33.3 Å². The van der Waals surface area contributed by atoms with E-state index in [0.717, 1.165) is 27.0 Å². The Hall–Kier alpha value is -1.64. The van der Waals surface area contributed by atoms with Crippen molar-refractivity contribution in [3.05, 3.63) is 53.2 Å². The van der Waals surface area contributed by atoms with Crippen molar-refractivity contribution in [1.82, 2.24) is 4.98 Å². The summed E-state index contributed by atoms with van der Waals surface area (Å²) in [6.07, 6.45) is 0. The fourth-order valence-electron chi connectivity index (χ4n) is 2.19. The highest BCUT2D eigenvalue weighted by Crippen LogP contribution is 2.29. The minimum atomic E-state index is 0.471. The van der Waals surface area contributed by atoms with Crippen LogP contribution in [0, 0.1) is 0 Å². The minimum Gasteiger partial charge on any atom is -0.378 e. The van der Waals surface area contributed by atoms with Crippen LogP contribution in [-0.4, -0.2) is 12.1 Å². The van der Waals surface area contributed by atoms with Crippen molar-refractivity contribution in [2.45, 2.75) is 6.61 Å². The largest absolute Gasteiger partial charge is 0.378 e. The molecule has 0 fully saturated rings. The van der Waals surface area contributed by atoms with Crippen LogP contribution in [0.4, 0.5) is 0 Å². The molecule has 90 valence electrons. The number of fused-ring (bicyclic) bond motifs is 3. The first-order valence-corrected chi connectivity index (χ1v) is 6.13. The Balaban J connectivity index is 2.40. The van der Waals surface area contributed by atoms with Gasteiger partial charge in [0.05, 0.1) is 22.8 Å². The number of ether oxygens (including phenoxy) is 1. The predicted octanol–water partition coefficient (Wildman–Crippen LogP) is 4.19. The molecule has 1 aromatic heterocycles. The molecule has 0 aliphatic rings. The normalized spacial score (nSPS) is 11.2. The smallest absolute Gasteiger partial charge is 0.0884 e. The third kappa shape index (κ3) is 1.84. The molecule has 0 N–H and O–H groups in total. The second kappa shape index (κ2) is 4.56. The molecule has 3 aromatic rings. The quantitative estimate of drug-likeness (QED) is 0.642. The SMILES string of the molecule is COCc1cc(Cl)c2ccc3ccccc3c2n1. The Labute approximate surface area is 110 Å². The van der Waals surface area contributed by atoms with E-state index in [1.54, 1.807) is 7.11 Å². The van der Waals surface area contributed by atoms with Crippen molar-refractivity contribution in [3.8, 4) is 0 Å². The average Bonchev–Trinajstić information content (AvgIpc) is 2.39. The van der Waals surface area contributed by atoms with E-state index < -0.39 is 0 Å². The minimum absolute atomic E-state index is 0.471. The summed E-state index contributed by atoms with van der Waals surface area (Å²) in [5, 5.41) is 3.99. The van der Waals surface area contributed by atoms with Crippen LogP contribution in [-0.2, 0) is 11.3 Å². The number of benzene rings is 2. The van der Waals surface area contributed by atoms with E-state index >= 15 is 0 Å². The summed E-state index contributed by atoms with van der Waals surface area (Å²) >= 11 is 6.30. The van der Waals surface area contributed by atoms with Gasteiger partial charge in [-0.3, -0.25) is 0 Å². The first-order valence-electron chi connectivity index (χ1n) is 5.75. The molecule has 0 amide bonds. The van der Waals surface area contributed by atoms with Crippen molar-refractivity contribution in [1.29, 1.82) is 0 Å². The lowest BCUT2D eigenvalue weighted by molar-refractivity contribution is 0.182. The van der Waals surface area contributed by atoms with Gasteiger partial charge in [-0.2, -0.15) is 0 Å². The van der Waals surface area contributed by atoms with Gasteiger partial charge in [-0.1, -0.05) is 48.0 Å². The van der Waals surface area contributed by atoms with Gasteiger partial charge in [-0.15, -0.1) is 0 Å². The van der Waals surface area contributed by atoms with Crippen LogP contribution in [0.3, 0.4) is 0 Å². The summed E-state index contributed by atoms with van der Waals surface area (Å²) in [4.78, 5) is 4.64. The number of nitrogens with zero attached hydrogens (tertiary/aromatic N) is 1. The summed E-state index contributed by atoms with van der Waals surface area (Å²) in [6.45, 7) is 0.471. The van der Waals surface area contributed by atoms with E-state index in [-0.39, 0.29) is 0 Å². The summed E-state index contributed by atoms with van der Waals surface area (Å²) < 4.78 is 5.12. The fraction of sp³-hybridized carbons (Fsp3) is 0.133. The van der Waals surface area contributed by atoms with Gasteiger partial charge in [-0.25, -0.2) is 4.98 Å². The van der Waals surface area contributed by atoms with Gasteiger partial charge in [0.1, 0.15) is 0 Å². The summed E-state index contributed by atoms with van der Waals surface area (Å²) in [6, 6.07) is 14.1. The molecule has 0 radical (unpaired) electrons. The molecule has 0 aliphatic carbocycles. The zero-order valence-corrected chi connectivity index (χ0v) is 10.7. The number of methoxy groups -OCH3 is 1. The van der Waals surface area contributed by atoms with Gasteiger partial charge in [0, 0.05) is 17.9 Å². The van der Waals surface area contributed by atoms with Gasteiger partial charge >= 0.3 is 0 Å². The molecule has 0 atom stereocenters. The van der Waals surface area contributed by atoms with Crippen LogP contribution < -0.4 is 0 Å². The topological polar surface area (TPSA) is 22.1 Å². The molecular formula is C15H12ClNO. The summed E-state index contributed by atoms with van der Waals surface area (Å²) in [5.74, 6) is 0. The second-order valence-electron chi connectivity index (χ2n) is 4.21. The lowest BCUT2D eigenvalue weighted by Crippen LogP contribution is -1.94. The van der Waals surface area contributed by atoms with Gasteiger partial charge in [-0.05, 0) is 11.5 Å². The highest BCUT2D eigenvalue weighted by atomic mass is 35.5. The van der Waals surface area contributed by atoms with Crippen LogP contribution in [0.25, 0.3) is 21.7 Å². The van der Waals surface area contributed by atoms with Crippen LogP contribution in [0.2, 0.25) is 5.02 Å². The Morgan fingerprint density at radius 2 is 1.94 bits per heavy atom. The van der Waals surface area contributed by atoms with Crippen molar-refractivity contribution < 1.29 is 4.74 Å². The maximum Gasteiger partial charge on any atom is 0.0884 e. The van der Waals surface area contributed by atoms with E-state index in [1.165, 1.54) is 5.39 Å². The molecule has 3 rings (SSSR count). The Kier molecular flexibility index (Phi) is 2.90. The van der Waals surface area contributed by atoms with E-state index in [2.05, 4.69) is 23.2 Å². The number of rotatable bonds is 2. The van der Waals surface area contributed by atoms with Crippen LogP contribution in [0.15, 0.2) is 42.5 Å². The van der Waals surface area contributed by atoms with Crippen LogP contribution >= 0.6 is 11.6 Å². The number of hydrogen-bond acceptors (Lipinski definition) is 2. The van der Waals surface area contributed by atoms with Gasteiger partial charge in [0.2, 0.25) is 0 Å². The first-order chi connectivity index (χ1) is 8.79. The second-order valence-corrected chi connectivity index (χ2v) is 4.62. The molecule has 0 bridgehead atoms. The van der Waals surface area contributed by atoms with Crippen LogP contribution in [0.1, 0.15) is 5.69 Å². The van der Waals surface area contributed by atoms with Gasteiger partial charge in [0.15, 0.2) is 0 Å². The zero-order chi connectivity index (χ0) is 12.5. The maximum atomic E-state index is 6.30. The number of pyridine rings is 1. The number of aromatic nitrogens is 1. The molecule has 0 saturated heterocycles. The van der Waals surface area contributed by atoms with Crippen LogP contribution in [0.5, 0.6) is 0 Å². The average molecular weight is 258 g/mol. The molecule has 0 unspecified atom stereocenters. The first kappa shape index (κ1) is 11.5. The number of hydrogen-bond donors (Lipinski definition) is 0. The lowest BCUT2D eigenvalue weighted by atomic mass is 10.1. The molecule has 3 heteroatoms. The molecule has 18 heavy (non-hydrogen) atoms. The van der Waals surface area contributed by atoms with E-state index in [0.29, 0.717) is 6.61 Å².